The number of urea groups is 1. The summed E-state index contributed by atoms with van der Waals surface area (Å²) in [6.07, 6.45) is 2.83. The maximum atomic E-state index is 14.4. The second-order valence-electron chi connectivity index (χ2n) is 5.28. The summed E-state index contributed by atoms with van der Waals surface area (Å²) < 4.78 is 20.2. The molecule has 1 heterocycles. The number of nitrogens with zero attached hydrogens (tertiary/aromatic N) is 2. The number of anilines is 1. The number of amides is 2. The Morgan fingerprint density at radius 2 is 1.96 bits per heavy atom. The van der Waals surface area contributed by atoms with Crippen molar-refractivity contribution in [1.82, 2.24) is 9.97 Å². The van der Waals surface area contributed by atoms with Crippen LogP contribution in [0.15, 0.2) is 54.9 Å². The van der Waals surface area contributed by atoms with Crippen molar-refractivity contribution in [3.8, 4) is 17.1 Å². The van der Waals surface area contributed by atoms with E-state index in [1.165, 1.54) is 30.6 Å². The first-order chi connectivity index (χ1) is 12.5. The van der Waals surface area contributed by atoms with Gasteiger partial charge in [0.15, 0.2) is 0 Å². The molecule has 0 atom stereocenters. The number of rotatable bonds is 5. The average molecular weight is 373 g/mol. The lowest BCUT2D eigenvalue weighted by Crippen LogP contribution is -2.20. The van der Waals surface area contributed by atoms with Crippen LogP contribution >= 0.6 is 11.6 Å². The van der Waals surface area contributed by atoms with Crippen LogP contribution in [0, 0.1) is 5.82 Å². The lowest BCUT2D eigenvalue weighted by molar-refractivity contribution is 0.259. The third-order valence-corrected chi connectivity index (χ3v) is 3.67. The Hall–Kier alpha value is -3.19. The molecule has 0 spiro atoms. The second kappa shape index (κ2) is 7.79. The van der Waals surface area contributed by atoms with E-state index in [-0.39, 0.29) is 29.4 Å². The number of nitrogens with two attached hydrogens (primary N) is 1. The van der Waals surface area contributed by atoms with Crippen LogP contribution in [-0.4, -0.2) is 16.0 Å². The van der Waals surface area contributed by atoms with E-state index in [2.05, 4.69) is 15.3 Å². The number of primary amides is 1. The van der Waals surface area contributed by atoms with E-state index in [4.69, 9.17) is 22.1 Å². The van der Waals surface area contributed by atoms with Gasteiger partial charge in [-0.3, -0.25) is 0 Å². The molecule has 0 saturated heterocycles. The highest BCUT2D eigenvalue weighted by molar-refractivity contribution is 6.30. The summed E-state index contributed by atoms with van der Waals surface area (Å²) in [4.78, 5) is 19.5. The number of carbonyl (C=O) groups excluding carboxylic acids is 1. The predicted octanol–water partition coefficient (Wildman–Crippen LogP) is 4.01. The summed E-state index contributed by atoms with van der Waals surface area (Å²) in [5.41, 5.74) is 6.34. The number of benzene rings is 2. The quantitative estimate of drug-likeness (QED) is 0.708. The highest BCUT2D eigenvalue weighted by Crippen LogP contribution is 2.34. The monoisotopic (exact) mass is 372 g/mol. The molecule has 2 aromatic carbocycles. The normalized spacial score (nSPS) is 10.4. The van der Waals surface area contributed by atoms with E-state index in [0.29, 0.717) is 5.02 Å². The predicted molar refractivity (Wildman–Crippen MR) is 96.4 cm³/mol. The van der Waals surface area contributed by atoms with E-state index < -0.39 is 11.8 Å². The van der Waals surface area contributed by atoms with Gasteiger partial charge in [0.25, 0.3) is 0 Å². The summed E-state index contributed by atoms with van der Waals surface area (Å²) in [6, 6.07) is 10.5. The number of nitrogens with one attached hydrogen (secondary N) is 1. The minimum absolute atomic E-state index is 0.0421. The topological polar surface area (TPSA) is 90.1 Å². The number of carbonyl (C=O) groups is 1. The Labute approximate surface area is 153 Å². The first kappa shape index (κ1) is 17.6. The van der Waals surface area contributed by atoms with Gasteiger partial charge in [-0.25, -0.2) is 19.2 Å². The molecule has 26 heavy (non-hydrogen) atoms. The van der Waals surface area contributed by atoms with E-state index >= 15 is 0 Å². The zero-order valence-corrected chi connectivity index (χ0v) is 14.2. The molecule has 0 radical (unpaired) electrons. The molecular weight excluding hydrogens is 359 g/mol. The van der Waals surface area contributed by atoms with Crippen LogP contribution in [0.25, 0.3) is 11.3 Å². The van der Waals surface area contributed by atoms with Crippen molar-refractivity contribution in [2.24, 2.45) is 5.73 Å². The summed E-state index contributed by atoms with van der Waals surface area (Å²) in [5.74, 6) is -0.477. The fraction of sp³-hybridized carbons (Fsp3) is 0.0556. The van der Waals surface area contributed by atoms with Gasteiger partial charge in [0.2, 0.25) is 5.88 Å². The Balaban J connectivity index is 1.96. The number of halogens is 2. The first-order valence-corrected chi connectivity index (χ1v) is 7.96. The first-order valence-electron chi connectivity index (χ1n) is 7.58. The second-order valence-corrected chi connectivity index (χ2v) is 5.72. The van der Waals surface area contributed by atoms with E-state index in [0.717, 1.165) is 5.56 Å². The molecule has 0 aliphatic heterocycles. The van der Waals surface area contributed by atoms with Crippen LogP contribution in [-0.2, 0) is 6.61 Å². The lowest BCUT2D eigenvalue weighted by atomic mass is 10.1. The largest absolute Gasteiger partial charge is 0.471 e. The fourth-order valence-corrected chi connectivity index (χ4v) is 2.60. The number of ether oxygens (including phenoxy) is 1. The third-order valence-electron chi connectivity index (χ3n) is 3.44. The van der Waals surface area contributed by atoms with Gasteiger partial charge >= 0.3 is 6.03 Å². The number of hydrogen-bond acceptors (Lipinski definition) is 4. The minimum atomic E-state index is -0.817. The summed E-state index contributed by atoms with van der Waals surface area (Å²) in [7, 11) is 0. The smallest absolute Gasteiger partial charge is 0.316 e. The maximum absolute atomic E-state index is 14.4. The van der Waals surface area contributed by atoms with Crippen molar-refractivity contribution >= 4 is 23.3 Å². The molecule has 0 fully saturated rings. The summed E-state index contributed by atoms with van der Waals surface area (Å²) in [5, 5.41) is 2.96. The fourth-order valence-electron chi connectivity index (χ4n) is 2.38. The lowest BCUT2D eigenvalue weighted by Gasteiger charge is -2.13. The molecule has 0 saturated carbocycles. The highest BCUT2D eigenvalue weighted by Gasteiger charge is 2.19. The minimum Gasteiger partial charge on any atom is -0.471 e. The Bertz CT molecular complexity index is 952. The molecule has 8 heteroatoms. The molecule has 0 bridgehead atoms. The van der Waals surface area contributed by atoms with Crippen molar-refractivity contribution in [3.63, 3.8) is 0 Å². The standard InChI is InChI=1S/C18H14ClFN4O2/c19-12-4-1-3-11(9-12)10-26-17-16(22-7-8-23-17)15-13(20)5-2-6-14(15)24-18(21)25/h1-9H,10H2,(H3,21,24,25). The average Bonchev–Trinajstić information content (AvgIpc) is 2.60. The van der Waals surface area contributed by atoms with Crippen molar-refractivity contribution in [1.29, 1.82) is 0 Å². The maximum Gasteiger partial charge on any atom is 0.316 e. The summed E-state index contributed by atoms with van der Waals surface area (Å²) >= 11 is 5.96. The molecule has 2 amide bonds. The van der Waals surface area contributed by atoms with Crippen LogP contribution in [0.1, 0.15) is 5.56 Å². The molecule has 0 aliphatic rings. The van der Waals surface area contributed by atoms with Gasteiger partial charge < -0.3 is 15.8 Å². The van der Waals surface area contributed by atoms with Crippen LogP contribution in [0.2, 0.25) is 5.02 Å². The van der Waals surface area contributed by atoms with Gasteiger partial charge in [0.1, 0.15) is 18.1 Å². The molecule has 0 unspecified atom stereocenters. The van der Waals surface area contributed by atoms with Gasteiger partial charge in [-0.1, -0.05) is 29.8 Å². The van der Waals surface area contributed by atoms with Crippen LogP contribution in [0.3, 0.4) is 0 Å². The van der Waals surface area contributed by atoms with Crippen molar-refractivity contribution in [3.05, 3.63) is 71.3 Å². The van der Waals surface area contributed by atoms with Gasteiger partial charge in [0.05, 0.1) is 11.3 Å². The van der Waals surface area contributed by atoms with Crippen LogP contribution in [0.4, 0.5) is 14.9 Å². The van der Waals surface area contributed by atoms with E-state index in [9.17, 15) is 9.18 Å². The number of hydrogen-bond donors (Lipinski definition) is 2. The Kier molecular flexibility index (Phi) is 5.28. The molecule has 3 aromatic rings. The van der Waals surface area contributed by atoms with Gasteiger partial charge in [0, 0.05) is 17.4 Å². The molecular formula is C18H14ClFN4O2. The molecule has 3 rings (SSSR count). The highest BCUT2D eigenvalue weighted by atomic mass is 35.5. The SMILES string of the molecule is NC(=O)Nc1cccc(F)c1-c1nccnc1OCc1cccc(Cl)c1. The number of aromatic nitrogens is 2. The van der Waals surface area contributed by atoms with Crippen molar-refractivity contribution < 1.29 is 13.9 Å². The summed E-state index contributed by atoms with van der Waals surface area (Å²) in [6.45, 7) is 0.166. The third kappa shape index (κ3) is 4.07. The molecule has 6 nitrogen and oxygen atoms in total. The van der Waals surface area contributed by atoms with Gasteiger partial charge in [-0.2, -0.15) is 0 Å². The van der Waals surface area contributed by atoms with Crippen LogP contribution < -0.4 is 15.8 Å². The Morgan fingerprint density at radius 1 is 1.19 bits per heavy atom. The van der Waals surface area contributed by atoms with Crippen molar-refractivity contribution in [2.75, 3.05) is 5.32 Å². The van der Waals surface area contributed by atoms with Gasteiger partial charge in [-0.05, 0) is 29.8 Å². The van der Waals surface area contributed by atoms with Gasteiger partial charge in [-0.15, -0.1) is 0 Å². The molecule has 3 N–H and O–H groups in total. The van der Waals surface area contributed by atoms with Crippen LogP contribution in [0.5, 0.6) is 5.88 Å². The molecule has 132 valence electrons. The van der Waals surface area contributed by atoms with E-state index in [1.54, 1.807) is 18.2 Å². The Morgan fingerprint density at radius 3 is 2.73 bits per heavy atom. The van der Waals surface area contributed by atoms with E-state index in [1.807, 2.05) is 6.07 Å². The zero-order chi connectivity index (χ0) is 18.5. The zero-order valence-electron chi connectivity index (χ0n) is 13.4. The molecule has 1 aromatic heterocycles. The molecule has 0 aliphatic carbocycles. The van der Waals surface area contributed by atoms with Crippen molar-refractivity contribution in [2.45, 2.75) is 6.61 Å².